The Bertz CT molecular complexity index is 1090. The maximum Gasteiger partial charge on any atom is 0.254 e. The molecule has 0 aliphatic carbocycles. The Kier molecular flexibility index (Phi) is 7.29. The van der Waals surface area contributed by atoms with Gasteiger partial charge in [-0.05, 0) is 73.2 Å². The molecule has 0 bridgehead atoms. The first kappa shape index (κ1) is 23.2. The molecule has 4 nitrogen and oxygen atoms in total. The molecule has 2 heterocycles. The number of benzene rings is 2. The third kappa shape index (κ3) is 5.19. The number of nitrogens with zero attached hydrogens (tertiary/aromatic N) is 2. The second-order valence-electron chi connectivity index (χ2n) is 9.06. The van der Waals surface area contributed by atoms with E-state index in [1.807, 2.05) is 71.8 Å². The van der Waals surface area contributed by atoms with Crippen molar-refractivity contribution in [1.29, 1.82) is 0 Å². The zero-order chi connectivity index (χ0) is 23.4. The van der Waals surface area contributed by atoms with Crippen LogP contribution in [0, 0.1) is 19.8 Å². The van der Waals surface area contributed by atoms with E-state index in [2.05, 4.69) is 24.3 Å². The van der Waals surface area contributed by atoms with Gasteiger partial charge in [0.1, 0.15) is 0 Å². The van der Waals surface area contributed by atoms with Gasteiger partial charge in [-0.2, -0.15) is 11.3 Å². The fraction of sp³-hybridized carbons (Fsp3) is 0.357. The molecule has 0 unspecified atom stereocenters. The van der Waals surface area contributed by atoms with Gasteiger partial charge >= 0.3 is 0 Å². The van der Waals surface area contributed by atoms with Crippen LogP contribution in [0.15, 0.2) is 65.4 Å². The molecule has 1 aliphatic heterocycles. The third-order valence-electron chi connectivity index (χ3n) is 7.08. The van der Waals surface area contributed by atoms with Crippen LogP contribution in [0.2, 0.25) is 0 Å². The highest BCUT2D eigenvalue weighted by molar-refractivity contribution is 7.08. The van der Waals surface area contributed by atoms with Gasteiger partial charge in [0, 0.05) is 37.1 Å². The number of carbonyl (C=O) groups excluding carboxylic acids is 2. The van der Waals surface area contributed by atoms with Gasteiger partial charge in [0.05, 0.1) is 5.56 Å². The van der Waals surface area contributed by atoms with E-state index in [1.54, 1.807) is 11.3 Å². The van der Waals surface area contributed by atoms with Crippen molar-refractivity contribution < 1.29 is 9.59 Å². The molecule has 4 rings (SSSR count). The fourth-order valence-corrected chi connectivity index (χ4v) is 5.49. The van der Waals surface area contributed by atoms with Crippen molar-refractivity contribution in [1.82, 2.24) is 9.80 Å². The van der Waals surface area contributed by atoms with Gasteiger partial charge in [-0.15, -0.1) is 0 Å². The molecule has 0 radical (unpaired) electrons. The minimum Gasteiger partial charge on any atom is -0.339 e. The number of hydrogen-bond donors (Lipinski definition) is 0. The summed E-state index contributed by atoms with van der Waals surface area (Å²) in [4.78, 5) is 30.3. The fourth-order valence-electron chi connectivity index (χ4n) is 4.86. The summed E-state index contributed by atoms with van der Waals surface area (Å²) in [6.45, 7) is 5.52. The van der Waals surface area contributed by atoms with Crippen LogP contribution in [-0.2, 0) is 6.42 Å². The SMILES string of the molecule is Cc1cccc(C(=O)N2CCC([C@H](Cc3ccccc3)N(C)C(=O)c3ccsc3)CC2)c1C. The van der Waals surface area contributed by atoms with Crippen molar-refractivity contribution in [3.05, 3.63) is 93.2 Å². The smallest absolute Gasteiger partial charge is 0.254 e. The molecule has 0 N–H and O–H groups in total. The number of thiophene rings is 1. The van der Waals surface area contributed by atoms with Crippen molar-refractivity contribution in [2.45, 2.75) is 39.2 Å². The molecule has 3 aromatic rings. The first-order valence-electron chi connectivity index (χ1n) is 11.6. The second-order valence-corrected chi connectivity index (χ2v) is 9.84. The average molecular weight is 461 g/mol. The van der Waals surface area contributed by atoms with E-state index < -0.39 is 0 Å². The number of likely N-dealkylation sites (tertiary alicyclic amines) is 1. The predicted octanol–water partition coefficient (Wildman–Crippen LogP) is 5.60. The molecule has 2 aromatic carbocycles. The van der Waals surface area contributed by atoms with E-state index in [0.29, 0.717) is 5.92 Å². The second kappa shape index (κ2) is 10.3. The molecule has 1 aliphatic rings. The summed E-state index contributed by atoms with van der Waals surface area (Å²) in [7, 11) is 1.93. The monoisotopic (exact) mass is 460 g/mol. The summed E-state index contributed by atoms with van der Waals surface area (Å²) < 4.78 is 0. The zero-order valence-electron chi connectivity index (χ0n) is 19.7. The summed E-state index contributed by atoms with van der Waals surface area (Å²) in [5, 5.41) is 3.87. The number of hydrogen-bond acceptors (Lipinski definition) is 3. The van der Waals surface area contributed by atoms with E-state index in [1.165, 1.54) is 5.56 Å². The first-order valence-corrected chi connectivity index (χ1v) is 12.6. The van der Waals surface area contributed by atoms with E-state index in [9.17, 15) is 9.59 Å². The number of aryl methyl sites for hydroxylation is 1. The molecular weight excluding hydrogens is 428 g/mol. The largest absolute Gasteiger partial charge is 0.339 e. The predicted molar refractivity (Wildman–Crippen MR) is 135 cm³/mol. The Labute approximate surface area is 200 Å². The molecular formula is C28H32N2O2S. The molecule has 1 fully saturated rings. The average Bonchev–Trinajstić information content (AvgIpc) is 3.39. The molecule has 1 aromatic heterocycles. The molecule has 172 valence electrons. The Balaban J connectivity index is 1.49. The summed E-state index contributed by atoms with van der Waals surface area (Å²) >= 11 is 1.55. The Morgan fingerprint density at radius 1 is 1.03 bits per heavy atom. The highest BCUT2D eigenvalue weighted by Crippen LogP contribution is 2.29. The van der Waals surface area contributed by atoms with Crippen molar-refractivity contribution in [2.75, 3.05) is 20.1 Å². The lowest BCUT2D eigenvalue weighted by Gasteiger charge is -2.40. The number of likely N-dealkylation sites (N-methyl/N-ethyl adjacent to an activating group) is 1. The maximum atomic E-state index is 13.2. The first-order chi connectivity index (χ1) is 16.0. The van der Waals surface area contributed by atoms with Crippen molar-refractivity contribution in [2.24, 2.45) is 5.92 Å². The molecule has 1 atom stereocenters. The lowest BCUT2D eigenvalue weighted by atomic mass is 9.84. The van der Waals surface area contributed by atoms with Gasteiger partial charge in [-0.3, -0.25) is 9.59 Å². The molecule has 5 heteroatoms. The van der Waals surface area contributed by atoms with Crippen LogP contribution in [0.3, 0.4) is 0 Å². The Morgan fingerprint density at radius 2 is 1.76 bits per heavy atom. The van der Waals surface area contributed by atoms with Crippen LogP contribution in [0.4, 0.5) is 0 Å². The lowest BCUT2D eigenvalue weighted by Crippen LogP contribution is -2.48. The van der Waals surface area contributed by atoms with Crippen LogP contribution < -0.4 is 0 Å². The number of amides is 2. The van der Waals surface area contributed by atoms with Crippen LogP contribution in [-0.4, -0.2) is 47.8 Å². The van der Waals surface area contributed by atoms with Gasteiger partial charge in [0.25, 0.3) is 11.8 Å². The molecule has 1 saturated heterocycles. The van der Waals surface area contributed by atoms with E-state index in [0.717, 1.165) is 54.6 Å². The summed E-state index contributed by atoms with van der Waals surface area (Å²) in [5.41, 5.74) is 5.00. The third-order valence-corrected chi connectivity index (χ3v) is 7.76. The van der Waals surface area contributed by atoms with Crippen LogP contribution >= 0.6 is 11.3 Å². The van der Waals surface area contributed by atoms with Crippen molar-refractivity contribution in [3.63, 3.8) is 0 Å². The van der Waals surface area contributed by atoms with Gasteiger partial charge in [-0.25, -0.2) is 0 Å². The van der Waals surface area contributed by atoms with E-state index in [4.69, 9.17) is 0 Å². The Morgan fingerprint density at radius 3 is 2.42 bits per heavy atom. The van der Waals surface area contributed by atoms with Crippen molar-refractivity contribution >= 4 is 23.2 Å². The molecule has 0 spiro atoms. The van der Waals surface area contributed by atoms with Gasteiger partial charge < -0.3 is 9.80 Å². The minimum atomic E-state index is 0.0751. The molecule has 2 amide bonds. The molecule has 33 heavy (non-hydrogen) atoms. The van der Waals surface area contributed by atoms with E-state index in [-0.39, 0.29) is 17.9 Å². The van der Waals surface area contributed by atoms with Crippen molar-refractivity contribution in [3.8, 4) is 0 Å². The van der Waals surface area contributed by atoms with Gasteiger partial charge in [-0.1, -0.05) is 42.5 Å². The Hall–Kier alpha value is -2.92. The van der Waals surface area contributed by atoms with Crippen LogP contribution in [0.25, 0.3) is 0 Å². The normalized spacial score (nSPS) is 15.3. The van der Waals surface area contributed by atoms with Crippen LogP contribution in [0.1, 0.15) is 50.2 Å². The lowest BCUT2D eigenvalue weighted by molar-refractivity contribution is 0.0522. The minimum absolute atomic E-state index is 0.0751. The number of carbonyl (C=O) groups is 2. The highest BCUT2D eigenvalue weighted by atomic mass is 32.1. The van der Waals surface area contributed by atoms with Crippen LogP contribution in [0.5, 0.6) is 0 Å². The quantitative estimate of drug-likeness (QED) is 0.480. The zero-order valence-corrected chi connectivity index (χ0v) is 20.5. The topological polar surface area (TPSA) is 40.6 Å². The highest BCUT2D eigenvalue weighted by Gasteiger charge is 2.33. The molecule has 0 saturated carbocycles. The maximum absolute atomic E-state index is 13.2. The number of piperidine rings is 1. The summed E-state index contributed by atoms with van der Waals surface area (Å²) in [5.74, 6) is 0.545. The summed E-state index contributed by atoms with van der Waals surface area (Å²) in [6.07, 6.45) is 2.62. The summed E-state index contributed by atoms with van der Waals surface area (Å²) in [6, 6.07) is 18.3. The van der Waals surface area contributed by atoms with Gasteiger partial charge in [0.2, 0.25) is 0 Å². The van der Waals surface area contributed by atoms with Gasteiger partial charge in [0.15, 0.2) is 0 Å². The number of rotatable bonds is 6. The standard InChI is InChI=1S/C28H32N2O2S/c1-20-8-7-11-25(21(20)2)28(32)30-15-12-23(13-16-30)26(18-22-9-5-4-6-10-22)29(3)27(31)24-14-17-33-19-24/h4-11,14,17,19,23,26H,12-13,15-16,18H2,1-3H3/t26-/m0/s1. The van der Waals surface area contributed by atoms with E-state index >= 15 is 0 Å².